The zero-order valence-corrected chi connectivity index (χ0v) is 11.0. The topological polar surface area (TPSA) is 76.2 Å². The van der Waals surface area contributed by atoms with Gasteiger partial charge in [0.1, 0.15) is 5.92 Å². The molecule has 1 atom stereocenters. The number of rotatable bonds is 5. The van der Waals surface area contributed by atoms with Crippen LogP contribution in [0.5, 0.6) is 0 Å². The Bertz CT molecular complexity index is 578. The third-order valence-electron chi connectivity index (χ3n) is 2.93. The maximum atomic E-state index is 10.8. The van der Waals surface area contributed by atoms with E-state index < -0.39 is 11.9 Å². The fourth-order valence-corrected chi connectivity index (χ4v) is 1.77. The Kier molecular flexibility index (Phi) is 3.94. The van der Waals surface area contributed by atoms with Crippen molar-refractivity contribution >= 4 is 5.97 Å². The second kappa shape index (κ2) is 5.65. The maximum Gasteiger partial charge on any atom is 0.315 e. The van der Waals surface area contributed by atoms with Gasteiger partial charge in [0.2, 0.25) is 11.8 Å². The van der Waals surface area contributed by atoms with Gasteiger partial charge in [-0.1, -0.05) is 29.8 Å². The predicted octanol–water partition coefficient (Wildman–Crippen LogP) is 2.35. The quantitative estimate of drug-likeness (QED) is 0.893. The summed E-state index contributed by atoms with van der Waals surface area (Å²) in [6.45, 7) is 3.57. The molecule has 0 aliphatic rings. The van der Waals surface area contributed by atoms with E-state index >= 15 is 0 Å². The first-order chi connectivity index (χ1) is 9.06. The molecular formula is C14H16N2O3. The van der Waals surface area contributed by atoms with Gasteiger partial charge < -0.3 is 9.52 Å². The Hall–Kier alpha value is -2.17. The monoisotopic (exact) mass is 260 g/mol. The van der Waals surface area contributed by atoms with Crippen LogP contribution in [0.4, 0.5) is 0 Å². The molecule has 5 heteroatoms. The van der Waals surface area contributed by atoms with Crippen molar-refractivity contribution in [2.24, 2.45) is 0 Å². The number of carboxylic acid groups (broad SMARTS) is 1. The average molecular weight is 260 g/mol. The number of benzene rings is 1. The molecule has 0 bridgehead atoms. The standard InChI is InChI=1S/C14H16N2O3/c1-9-4-3-5-11(8-9)6-7-12-15-16-13(19-12)10(2)14(17)18/h3-5,8,10H,6-7H2,1-2H3,(H,17,18). The molecule has 1 unspecified atom stereocenters. The highest BCUT2D eigenvalue weighted by Gasteiger charge is 2.20. The molecule has 2 aromatic rings. The maximum absolute atomic E-state index is 10.8. The molecule has 0 fully saturated rings. The van der Waals surface area contributed by atoms with E-state index in [9.17, 15) is 4.79 Å². The molecule has 0 saturated carbocycles. The van der Waals surface area contributed by atoms with Gasteiger partial charge in [0.05, 0.1) is 0 Å². The minimum atomic E-state index is -0.964. The molecule has 19 heavy (non-hydrogen) atoms. The largest absolute Gasteiger partial charge is 0.481 e. The summed E-state index contributed by atoms with van der Waals surface area (Å²) in [4.78, 5) is 10.8. The van der Waals surface area contributed by atoms with Crippen molar-refractivity contribution < 1.29 is 14.3 Å². The summed E-state index contributed by atoms with van der Waals surface area (Å²) >= 11 is 0. The molecule has 1 aromatic heterocycles. The third-order valence-corrected chi connectivity index (χ3v) is 2.93. The van der Waals surface area contributed by atoms with Crippen LogP contribution in [-0.4, -0.2) is 21.3 Å². The Balaban J connectivity index is 1.99. The first-order valence-electron chi connectivity index (χ1n) is 6.17. The van der Waals surface area contributed by atoms with Crippen LogP contribution in [-0.2, 0) is 17.6 Å². The lowest BCUT2D eigenvalue weighted by Crippen LogP contribution is -2.07. The summed E-state index contributed by atoms with van der Waals surface area (Å²) in [6.07, 6.45) is 1.41. The Morgan fingerprint density at radius 3 is 2.84 bits per heavy atom. The van der Waals surface area contributed by atoms with E-state index in [0.717, 1.165) is 6.42 Å². The van der Waals surface area contributed by atoms with Gasteiger partial charge in [-0.3, -0.25) is 4.79 Å². The fraction of sp³-hybridized carbons (Fsp3) is 0.357. The molecule has 0 saturated heterocycles. The number of aryl methyl sites for hydroxylation is 3. The Labute approximate surface area is 111 Å². The van der Waals surface area contributed by atoms with Crippen molar-refractivity contribution in [1.82, 2.24) is 10.2 Å². The van der Waals surface area contributed by atoms with Crippen molar-refractivity contribution in [3.05, 3.63) is 47.2 Å². The van der Waals surface area contributed by atoms with Gasteiger partial charge in [0.15, 0.2) is 0 Å². The van der Waals surface area contributed by atoms with Gasteiger partial charge in [-0.2, -0.15) is 0 Å². The first kappa shape index (κ1) is 13.3. The first-order valence-corrected chi connectivity index (χ1v) is 6.17. The van der Waals surface area contributed by atoms with Gasteiger partial charge >= 0.3 is 5.97 Å². The van der Waals surface area contributed by atoms with E-state index in [1.165, 1.54) is 18.1 Å². The molecule has 5 nitrogen and oxygen atoms in total. The summed E-state index contributed by atoms with van der Waals surface area (Å²) in [6, 6.07) is 8.21. The van der Waals surface area contributed by atoms with Gasteiger partial charge in [0.25, 0.3) is 0 Å². The highest BCUT2D eigenvalue weighted by atomic mass is 16.4. The minimum absolute atomic E-state index is 0.159. The van der Waals surface area contributed by atoms with Crippen LogP contribution in [0.1, 0.15) is 35.7 Å². The van der Waals surface area contributed by atoms with E-state index in [1.807, 2.05) is 25.1 Å². The number of hydrogen-bond acceptors (Lipinski definition) is 4. The van der Waals surface area contributed by atoms with Crippen LogP contribution in [0.2, 0.25) is 0 Å². The summed E-state index contributed by atoms with van der Waals surface area (Å²) in [7, 11) is 0. The molecule has 0 amide bonds. The second-order valence-electron chi connectivity index (χ2n) is 4.58. The van der Waals surface area contributed by atoms with E-state index in [1.54, 1.807) is 0 Å². The van der Waals surface area contributed by atoms with E-state index in [-0.39, 0.29) is 5.89 Å². The third kappa shape index (κ3) is 3.40. The highest BCUT2D eigenvalue weighted by molar-refractivity contribution is 5.73. The number of nitrogens with zero attached hydrogens (tertiary/aromatic N) is 2. The lowest BCUT2D eigenvalue weighted by Gasteiger charge is -2.00. The van der Waals surface area contributed by atoms with Gasteiger partial charge in [-0.05, 0) is 25.8 Å². The van der Waals surface area contributed by atoms with Crippen LogP contribution in [0, 0.1) is 6.92 Å². The average Bonchev–Trinajstić information content (AvgIpc) is 2.84. The normalized spacial score (nSPS) is 12.3. The van der Waals surface area contributed by atoms with Crippen LogP contribution in [0.15, 0.2) is 28.7 Å². The predicted molar refractivity (Wildman–Crippen MR) is 68.9 cm³/mol. The molecule has 1 aromatic carbocycles. The molecule has 0 spiro atoms. The van der Waals surface area contributed by atoms with E-state index in [2.05, 4.69) is 16.3 Å². The van der Waals surface area contributed by atoms with Crippen molar-refractivity contribution in [3.63, 3.8) is 0 Å². The number of carboxylic acids is 1. The minimum Gasteiger partial charge on any atom is -0.481 e. The Morgan fingerprint density at radius 2 is 2.16 bits per heavy atom. The molecule has 100 valence electrons. The lowest BCUT2D eigenvalue weighted by molar-refractivity contribution is -0.138. The molecule has 1 heterocycles. The van der Waals surface area contributed by atoms with Crippen LogP contribution in [0.3, 0.4) is 0 Å². The van der Waals surface area contributed by atoms with Crippen molar-refractivity contribution in [2.75, 3.05) is 0 Å². The highest BCUT2D eigenvalue weighted by Crippen LogP contribution is 2.15. The van der Waals surface area contributed by atoms with Crippen molar-refractivity contribution in [3.8, 4) is 0 Å². The molecular weight excluding hydrogens is 244 g/mol. The molecule has 2 rings (SSSR count). The van der Waals surface area contributed by atoms with Crippen LogP contribution < -0.4 is 0 Å². The second-order valence-corrected chi connectivity index (χ2v) is 4.58. The number of carbonyl (C=O) groups is 1. The van der Waals surface area contributed by atoms with Gasteiger partial charge in [-0.25, -0.2) is 0 Å². The molecule has 0 aliphatic carbocycles. The zero-order valence-electron chi connectivity index (χ0n) is 11.0. The van der Waals surface area contributed by atoms with E-state index in [0.29, 0.717) is 12.3 Å². The van der Waals surface area contributed by atoms with E-state index in [4.69, 9.17) is 9.52 Å². The smallest absolute Gasteiger partial charge is 0.315 e. The summed E-state index contributed by atoms with van der Waals surface area (Å²) < 4.78 is 5.36. The summed E-state index contributed by atoms with van der Waals surface area (Å²) in [5.41, 5.74) is 2.41. The fourth-order valence-electron chi connectivity index (χ4n) is 1.77. The van der Waals surface area contributed by atoms with Crippen LogP contribution >= 0.6 is 0 Å². The van der Waals surface area contributed by atoms with Crippen LogP contribution in [0.25, 0.3) is 0 Å². The summed E-state index contributed by atoms with van der Waals surface area (Å²) in [5, 5.41) is 16.5. The van der Waals surface area contributed by atoms with Crippen molar-refractivity contribution in [2.45, 2.75) is 32.6 Å². The number of hydrogen-bond donors (Lipinski definition) is 1. The number of aliphatic carboxylic acids is 1. The van der Waals surface area contributed by atoms with Crippen molar-refractivity contribution in [1.29, 1.82) is 0 Å². The molecule has 0 aliphatic heterocycles. The zero-order chi connectivity index (χ0) is 13.8. The molecule has 0 radical (unpaired) electrons. The SMILES string of the molecule is Cc1cccc(CCc2nnc(C(C)C(=O)O)o2)c1. The summed E-state index contributed by atoms with van der Waals surface area (Å²) in [5.74, 6) is -1.09. The Morgan fingerprint density at radius 1 is 1.37 bits per heavy atom. The van der Waals surface area contributed by atoms with Gasteiger partial charge in [-0.15, -0.1) is 10.2 Å². The number of aromatic nitrogens is 2. The lowest BCUT2D eigenvalue weighted by atomic mass is 10.1. The molecule has 1 N–H and O–H groups in total. The van der Waals surface area contributed by atoms with Gasteiger partial charge in [0, 0.05) is 6.42 Å².